The van der Waals surface area contributed by atoms with Gasteiger partial charge in [0.05, 0.1) is 17.7 Å². The van der Waals surface area contributed by atoms with Crippen LogP contribution in [0.4, 0.5) is 10.6 Å². The van der Waals surface area contributed by atoms with Gasteiger partial charge in [-0.2, -0.15) is 0 Å². The SMILES string of the molecule is CC(C)NC(=O)OCC(C(=O)N1CCN(c2ncnc3c2[C@H](C)C[C@H]3O)CC1)c1ccc(Cl)cc1. The van der Waals surface area contributed by atoms with Gasteiger partial charge in [-0.1, -0.05) is 30.7 Å². The lowest BCUT2D eigenvalue weighted by atomic mass is 9.98. The molecule has 188 valence electrons. The first-order chi connectivity index (χ1) is 16.7. The van der Waals surface area contributed by atoms with Crippen molar-refractivity contribution >= 4 is 29.4 Å². The van der Waals surface area contributed by atoms with Gasteiger partial charge in [-0.25, -0.2) is 14.8 Å². The number of nitrogens with zero attached hydrogens (tertiary/aromatic N) is 4. The number of carbonyl (C=O) groups excluding carboxylic acids is 2. The molecule has 1 saturated heterocycles. The molecule has 1 fully saturated rings. The van der Waals surface area contributed by atoms with E-state index in [4.69, 9.17) is 16.3 Å². The molecule has 1 unspecified atom stereocenters. The van der Waals surface area contributed by atoms with Crippen LogP contribution in [0.25, 0.3) is 0 Å². The molecular formula is C25H32ClN5O4. The van der Waals surface area contributed by atoms with Crippen molar-refractivity contribution in [3.05, 3.63) is 52.4 Å². The van der Waals surface area contributed by atoms with Gasteiger partial charge in [0.15, 0.2) is 0 Å². The van der Waals surface area contributed by atoms with E-state index in [1.165, 1.54) is 6.33 Å². The van der Waals surface area contributed by atoms with E-state index in [9.17, 15) is 14.7 Å². The van der Waals surface area contributed by atoms with Crippen molar-refractivity contribution in [2.24, 2.45) is 0 Å². The standard InChI is InChI=1S/C25H32ClN5O4/c1-15(2)29-25(34)35-13-19(17-4-6-18(26)7-5-17)24(33)31-10-8-30(9-11-31)23-21-16(3)12-20(32)22(21)27-14-28-23/h4-7,14-16,19-20,32H,8-13H2,1-3H3,(H,29,34)/t16-,19?,20-/m1/s1. The lowest BCUT2D eigenvalue weighted by molar-refractivity contribution is -0.134. The van der Waals surface area contributed by atoms with E-state index in [0.29, 0.717) is 43.3 Å². The number of aliphatic hydroxyl groups excluding tert-OH is 1. The number of amides is 2. The smallest absolute Gasteiger partial charge is 0.407 e. The summed E-state index contributed by atoms with van der Waals surface area (Å²) in [5.41, 5.74) is 2.46. The first-order valence-corrected chi connectivity index (χ1v) is 12.4. The van der Waals surface area contributed by atoms with Crippen LogP contribution in [0.3, 0.4) is 0 Å². The molecule has 9 nitrogen and oxygen atoms in total. The Kier molecular flexibility index (Phi) is 7.76. The van der Waals surface area contributed by atoms with Gasteiger partial charge in [-0.05, 0) is 43.9 Å². The predicted octanol–water partition coefficient (Wildman–Crippen LogP) is 3.24. The lowest BCUT2D eigenvalue weighted by Gasteiger charge is -2.37. The van der Waals surface area contributed by atoms with E-state index in [1.54, 1.807) is 29.2 Å². The van der Waals surface area contributed by atoms with E-state index in [1.807, 2.05) is 13.8 Å². The number of carbonyl (C=O) groups is 2. The number of halogens is 1. The van der Waals surface area contributed by atoms with Crippen molar-refractivity contribution in [3.8, 4) is 0 Å². The molecule has 1 aromatic carbocycles. The topological polar surface area (TPSA) is 108 Å². The van der Waals surface area contributed by atoms with Crippen LogP contribution in [0.5, 0.6) is 0 Å². The molecule has 2 aliphatic rings. The number of alkyl carbamates (subject to hydrolysis) is 1. The minimum atomic E-state index is -0.629. The third-order valence-corrected chi connectivity index (χ3v) is 6.78. The van der Waals surface area contributed by atoms with Gasteiger partial charge in [0.1, 0.15) is 18.8 Å². The number of nitrogens with one attached hydrogen (secondary N) is 1. The molecule has 0 spiro atoms. The zero-order valence-corrected chi connectivity index (χ0v) is 21.0. The van der Waals surface area contributed by atoms with Crippen LogP contribution in [-0.2, 0) is 9.53 Å². The molecule has 0 radical (unpaired) electrons. The van der Waals surface area contributed by atoms with Crippen molar-refractivity contribution in [1.82, 2.24) is 20.2 Å². The summed E-state index contributed by atoms with van der Waals surface area (Å²) in [5.74, 6) is 0.296. The first kappa shape index (κ1) is 25.2. The summed E-state index contributed by atoms with van der Waals surface area (Å²) in [4.78, 5) is 38.4. The van der Waals surface area contributed by atoms with Crippen LogP contribution < -0.4 is 10.2 Å². The summed E-state index contributed by atoms with van der Waals surface area (Å²) >= 11 is 6.04. The Morgan fingerprint density at radius 1 is 1.17 bits per heavy atom. The predicted molar refractivity (Wildman–Crippen MR) is 133 cm³/mol. The molecule has 0 bridgehead atoms. The first-order valence-electron chi connectivity index (χ1n) is 12.0. The number of aliphatic hydroxyl groups is 1. The van der Waals surface area contributed by atoms with E-state index in [2.05, 4.69) is 27.1 Å². The third kappa shape index (κ3) is 5.67. The summed E-state index contributed by atoms with van der Waals surface area (Å²) in [7, 11) is 0. The Labute approximate surface area is 210 Å². The van der Waals surface area contributed by atoms with Gasteiger partial charge in [0.2, 0.25) is 5.91 Å². The summed E-state index contributed by atoms with van der Waals surface area (Å²) in [5, 5.41) is 13.6. The minimum absolute atomic E-state index is 0.0615. The highest BCUT2D eigenvalue weighted by atomic mass is 35.5. The molecule has 3 atom stereocenters. The second kappa shape index (κ2) is 10.8. The summed E-state index contributed by atoms with van der Waals surface area (Å²) in [6.07, 6.45) is 1.04. The summed E-state index contributed by atoms with van der Waals surface area (Å²) in [6, 6.07) is 6.99. The molecule has 10 heteroatoms. The molecular weight excluding hydrogens is 470 g/mol. The van der Waals surface area contributed by atoms with Crippen LogP contribution in [0.2, 0.25) is 5.02 Å². The van der Waals surface area contributed by atoms with Gasteiger partial charge in [0.25, 0.3) is 0 Å². The fourth-order valence-electron chi connectivity index (χ4n) is 4.75. The third-order valence-electron chi connectivity index (χ3n) is 6.53. The average molecular weight is 502 g/mol. The monoisotopic (exact) mass is 501 g/mol. The van der Waals surface area contributed by atoms with Crippen molar-refractivity contribution < 1.29 is 19.4 Å². The number of hydrogen-bond donors (Lipinski definition) is 2. The van der Waals surface area contributed by atoms with Gasteiger partial charge < -0.3 is 25.0 Å². The molecule has 4 rings (SSSR count). The van der Waals surface area contributed by atoms with Crippen molar-refractivity contribution in [1.29, 1.82) is 0 Å². The normalized spacial score (nSPS) is 20.5. The number of benzene rings is 1. The number of fused-ring (bicyclic) bond motifs is 1. The molecule has 0 saturated carbocycles. The minimum Gasteiger partial charge on any atom is -0.448 e. The average Bonchev–Trinajstić information content (AvgIpc) is 3.13. The van der Waals surface area contributed by atoms with E-state index in [-0.39, 0.29) is 24.5 Å². The number of piperazine rings is 1. The quantitative estimate of drug-likeness (QED) is 0.625. The van der Waals surface area contributed by atoms with E-state index < -0.39 is 18.1 Å². The Bertz CT molecular complexity index is 1060. The highest BCUT2D eigenvalue weighted by Crippen LogP contribution is 2.42. The van der Waals surface area contributed by atoms with E-state index >= 15 is 0 Å². The number of hydrogen-bond acceptors (Lipinski definition) is 7. The van der Waals surface area contributed by atoms with Crippen molar-refractivity contribution in [2.45, 2.75) is 51.2 Å². The van der Waals surface area contributed by atoms with E-state index in [0.717, 1.165) is 16.9 Å². The van der Waals surface area contributed by atoms with Crippen LogP contribution in [0, 0.1) is 0 Å². The Hall–Kier alpha value is -2.91. The van der Waals surface area contributed by atoms with Crippen LogP contribution >= 0.6 is 11.6 Å². The van der Waals surface area contributed by atoms with Crippen molar-refractivity contribution in [3.63, 3.8) is 0 Å². The fraction of sp³-hybridized carbons (Fsp3) is 0.520. The maximum Gasteiger partial charge on any atom is 0.407 e. The molecule has 1 aromatic heterocycles. The molecule has 2 heterocycles. The number of ether oxygens (including phenoxy) is 1. The fourth-order valence-corrected chi connectivity index (χ4v) is 4.88. The molecule has 35 heavy (non-hydrogen) atoms. The molecule has 1 aliphatic heterocycles. The number of rotatable bonds is 6. The molecule has 1 aliphatic carbocycles. The zero-order chi connectivity index (χ0) is 25.1. The summed E-state index contributed by atoms with van der Waals surface area (Å²) < 4.78 is 5.39. The van der Waals surface area contributed by atoms with Gasteiger partial charge in [-0.15, -0.1) is 0 Å². The molecule has 2 aromatic rings. The maximum atomic E-state index is 13.5. The summed E-state index contributed by atoms with van der Waals surface area (Å²) in [6.45, 7) is 7.95. The second-order valence-corrected chi connectivity index (χ2v) is 9.90. The lowest BCUT2D eigenvalue weighted by Crippen LogP contribution is -2.51. The number of anilines is 1. The van der Waals surface area contributed by atoms with Gasteiger partial charge in [-0.3, -0.25) is 4.79 Å². The van der Waals surface area contributed by atoms with Crippen LogP contribution in [0.1, 0.15) is 62.0 Å². The maximum absolute atomic E-state index is 13.5. The molecule has 2 N–H and O–H groups in total. The van der Waals surface area contributed by atoms with Crippen LogP contribution in [0.15, 0.2) is 30.6 Å². The Balaban J connectivity index is 1.46. The van der Waals surface area contributed by atoms with Gasteiger partial charge in [0, 0.05) is 42.8 Å². The van der Waals surface area contributed by atoms with Crippen molar-refractivity contribution in [2.75, 3.05) is 37.7 Å². The highest BCUT2D eigenvalue weighted by Gasteiger charge is 2.35. The van der Waals surface area contributed by atoms with Crippen LogP contribution in [-0.4, -0.2) is 70.8 Å². The molecule has 2 amide bonds. The highest BCUT2D eigenvalue weighted by molar-refractivity contribution is 6.30. The number of aromatic nitrogens is 2. The zero-order valence-electron chi connectivity index (χ0n) is 20.3. The Morgan fingerprint density at radius 2 is 1.86 bits per heavy atom. The largest absolute Gasteiger partial charge is 0.448 e. The second-order valence-electron chi connectivity index (χ2n) is 9.46. The Morgan fingerprint density at radius 3 is 2.51 bits per heavy atom. The van der Waals surface area contributed by atoms with Gasteiger partial charge >= 0.3 is 6.09 Å².